The zero-order valence-corrected chi connectivity index (χ0v) is 9.51. The van der Waals surface area contributed by atoms with Gasteiger partial charge in [0.1, 0.15) is 11.6 Å². The van der Waals surface area contributed by atoms with Crippen LogP contribution in [0.25, 0.3) is 6.08 Å². The van der Waals surface area contributed by atoms with Crippen LogP contribution in [0.1, 0.15) is 15.9 Å². The smallest absolute Gasteiger partial charge is 0.185 e. The summed E-state index contributed by atoms with van der Waals surface area (Å²) in [5.41, 5.74) is 0.810. The predicted octanol–water partition coefficient (Wildman–Crippen LogP) is 3.43. The number of aromatic hydroxyl groups is 1. The first-order chi connectivity index (χ1) is 8.66. The second kappa shape index (κ2) is 5.27. The Morgan fingerprint density at radius 2 is 1.72 bits per heavy atom. The van der Waals surface area contributed by atoms with Gasteiger partial charge in [-0.3, -0.25) is 4.79 Å². The number of phenolic OH excluding ortho intramolecular Hbond substituents is 1. The maximum absolute atomic E-state index is 13.3. The van der Waals surface area contributed by atoms with E-state index in [1.165, 1.54) is 42.5 Å². The van der Waals surface area contributed by atoms with Gasteiger partial charge in [0, 0.05) is 11.1 Å². The molecule has 0 aliphatic rings. The molecule has 0 aliphatic heterocycles. The molecule has 0 spiro atoms. The minimum atomic E-state index is -0.368. The number of benzene rings is 2. The second-order valence-corrected chi connectivity index (χ2v) is 3.77. The molecular weight excluding hydrogens is 231 g/mol. The summed E-state index contributed by atoms with van der Waals surface area (Å²) in [5, 5.41) is 9.10. The van der Waals surface area contributed by atoms with Gasteiger partial charge in [-0.2, -0.15) is 0 Å². The average molecular weight is 242 g/mol. The Hall–Kier alpha value is -2.42. The number of allylic oxidation sites excluding steroid dienone is 1. The van der Waals surface area contributed by atoms with E-state index in [1.54, 1.807) is 18.2 Å². The molecule has 0 saturated heterocycles. The molecule has 0 atom stereocenters. The van der Waals surface area contributed by atoms with Crippen LogP contribution in [0.15, 0.2) is 54.6 Å². The van der Waals surface area contributed by atoms with Crippen molar-refractivity contribution in [2.45, 2.75) is 0 Å². The molecule has 2 rings (SSSR count). The Morgan fingerprint density at radius 3 is 2.39 bits per heavy atom. The lowest BCUT2D eigenvalue weighted by Crippen LogP contribution is -1.93. The van der Waals surface area contributed by atoms with Crippen LogP contribution in [0.3, 0.4) is 0 Å². The minimum Gasteiger partial charge on any atom is -0.508 e. The lowest BCUT2D eigenvalue weighted by atomic mass is 10.1. The van der Waals surface area contributed by atoms with Crippen molar-refractivity contribution in [3.05, 3.63) is 71.6 Å². The Morgan fingerprint density at radius 1 is 1.06 bits per heavy atom. The van der Waals surface area contributed by atoms with Crippen molar-refractivity contribution in [2.24, 2.45) is 0 Å². The highest BCUT2D eigenvalue weighted by atomic mass is 19.1. The van der Waals surface area contributed by atoms with Gasteiger partial charge in [-0.05, 0) is 42.5 Å². The van der Waals surface area contributed by atoms with Gasteiger partial charge < -0.3 is 5.11 Å². The van der Waals surface area contributed by atoms with Gasteiger partial charge in [0.2, 0.25) is 0 Å². The van der Waals surface area contributed by atoms with E-state index < -0.39 is 0 Å². The van der Waals surface area contributed by atoms with E-state index in [4.69, 9.17) is 5.11 Å². The molecule has 0 amide bonds. The fraction of sp³-hybridized carbons (Fsp3) is 0. The molecule has 18 heavy (non-hydrogen) atoms. The summed E-state index contributed by atoms with van der Waals surface area (Å²) >= 11 is 0. The topological polar surface area (TPSA) is 37.3 Å². The summed E-state index contributed by atoms with van der Waals surface area (Å²) in [6.07, 6.45) is 2.75. The molecule has 0 aromatic heterocycles. The Kier molecular flexibility index (Phi) is 3.53. The van der Waals surface area contributed by atoms with Crippen molar-refractivity contribution < 1.29 is 14.3 Å². The first kappa shape index (κ1) is 12.0. The van der Waals surface area contributed by atoms with Crippen molar-refractivity contribution in [3.63, 3.8) is 0 Å². The first-order valence-electron chi connectivity index (χ1n) is 5.43. The second-order valence-electron chi connectivity index (χ2n) is 3.77. The molecule has 0 bridgehead atoms. The molecule has 90 valence electrons. The summed E-state index contributed by atoms with van der Waals surface area (Å²) in [4.78, 5) is 11.7. The summed E-state index contributed by atoms with van der Waals surface area (Å²) < 4.78 is 13.3. The molecule has 0 radical (unpaired) electrons. The molecule has 1 N–H and O–H groups in total. The van der Waals surface area contributed by atoms with E-state index in [0.717, 1.165) is 0 Å². The standard InChI is InChI=1S/C15H11FO2/c16-14-4-2-1-3-11(14)7-10-15(18)12-5-8-13(17)9-6-12/h1-10,17H. The van der Waals surface area contributed by atoms with Gasteiger partial charge in [0.15, 0.2) is 5.78 Å². The first-order valence-corrected chi connectivity index (χ1v) is 5.43. The van der Waals surface area contributed by atoms with Gasteiger partial charge in [-0.1, -0.05) is 18.2 Å². The zero-order chi connectivity index (χ0) is 13.0. The largest absolute Gasteiger partial charge is 0.508 e. The van der Waals surface area contributed by atoms with Gasteiger partial charge in [0.05, 0.1) is 0 Å². The Labute approximate surface area is 104 Å². The highest BCUT2D eigenvalue weighted by molar-refractivity contribution is 6.06. The summed E-state index contributed by atoms with van der Waals surface area (Å²) in [6, 6.07) is 12.1. The van der Waals surface area contributed by atoms with Crippen LogP contribution in [0, 0.1) is 5.82 Å². The number of ketones is 1. The fourth-order valence-corrected chi connectivity index (χ4v) is 1.50. The van der Waals surface area contributed by atoms with Crippen molar-refractivity contribution in [3.8, 4) is 5.75 Å². The van der Waals surface area contributed by atoms with E-state index in [-0.39, 0.29) is 17.3 Å². The van der Waals surface area contributed by atoms with Crippen LogP contribution in [-0.2, 0) is 0 Å². The average Bonchev–Trinajstić information content (AvgIpc) is 2.38. The molecule has 0 saturated carbocycles. The van der Waals surface area contributed by atoms with E-state index in [9.17, 15) is 9.18 Å². The van der Waals surface area contributed by atoms with Crippen molar-refractivity contribution in [1.82, 2.24) is 0 Å². The summed E-state index contributed by atoms with van der Waals surface area (Å²) in [5.74, 6) is -0.504. The van der Waals surface area contributed by atoms with Gasteiger partial charge in [0.25, 0.3) is 0 Å². The molecular formula is C15H11FO2. The number of halogens is 1. The highest BCUT2D eigenvalue weighted by Gasteiger charge is 2.02. The summed E-state index contributed by atoms with van der Waals surface area (Å²) in [6.45, 7) is 0. The van der Waals surface area contributed by atoms with Crippen molar-refractivity contribution >= 4 is 11.9 Å². The molecule has 0 heterocycles. The Balaban J connectivity index is 2.17. The summed E-state index contributed by atoms with van der Waals surface area (Å²) in [7, 11) is 0. The van der Waals surface area contributed by atoms with Crippen LogP contribution in [0.5, 0.6) is 5.75 Å². The van der Waals surface area contributed by atoms with E-state index >= 15 is 0 Å². The van der Waals surface area contributed by atoms with Gasteiger partial charge in [-0.25, -0.2) is 4.39 Å². The maximum Gasteiger partial charge on any atom is 0.185 e. The Bertz CT molecular complexity index is 586. The third-order valence-electron chi connectivity index (χ3n) is 2.47. The molecule has 0 unspecified atom stereocenters. The monoisotopic (exact) mass is 242 g/mol. The highest BCUT2D eigenvalue weighted by Crippen LogP contribution is 2.12. The molecule has 3 heteroatoms. The quantitative estimate of drug-likeness (QED) is 0.661. The third-order valence-corrected chi connectivity index (χ3v) is 2.47. The van der Waals surface area contributed by atoms with Crippen LogP contribution in [0.4, 0.5) is 4.39 Å². The lowest BCUT2D eigenvalue weighted by Gasteiger charge is -1.97. The van der Waals surface area contributed by atoms with Gasteiger partial charge in [-0.15, -0.1) is 0 Å². The molecule has 2 aromatic rings. The SMILES string of the molecule is O=C(C=Cc1ccccc1F)c1ccc(O)cc1. The van der Waals surface area contributed by atoms with Crippen molar-refractivity contribution in [2.75, 3.05) is 0 Å². The van der Waals surface area contributed by atoms with E-state index in [0.29, 0.717) is 11.1 Å². The third kappa shape index (κ3) is 2.83. The maximum atomic E-state index is 13.3. The lowest BCUT2D eigenvalue weighted by molar-refractivity contribution is 0.104. The number of hydrogen-bond acceptors (Lipinski definition) is 2. The normalized spacial score (nSPS) is 10.7. The zero-order valence-electron chi connectivity index (χ0n) is 9.51. The van der Waals surface area contributed by atoms with Crippen molar-refractivity contribution in [1.29, 1.82) is 0 Å². The number of hydrogen-bond donors (Lipinski definition) is 1. The number of carbonyl (C=O) groups is 1. The van der Waals surface area contributed by atoms with Crippen LogP contribution < -0.4 is 0 Å². The molecule has 0 fully saturated rings. The van der Waals surface area contributed by atoms with E-state index in [2.05, 4.69) is 0 Å². The predicted molar refractivity (Wildman–Crippen MR) is 67.9 cm³/mol. The van der Waals surface area contributed by atoms with Crippen LogP contribution >= 0.6 is 0 Å². The van der Waals surface area contributed by atoms with E-state index in [1.807, 2.05) is 0 Å². The number of rotatable bonds is 3. The van der Waals surface area contributed by atoms with Crippen LogP contribution in [0.2, 0.25) is 0 Å². The number of carbonyl (C=O) groups excluding carboxylic acids is 1. The van der Waals surface area contributed by atoms with Crippen LogP contribution in [-0.4, -0.2) is 10.9 Å². The molecule has 2 nitrogen and oxygen atoms in total. The fourth-order valence-electron chi connectivity index (χ4n) is 1.50. The minimum absolute atomic E-state index is 0.102. The number of phenols is 1. The van der Waals surface area contributed by atoms with Gasteiger partial charge >= 0.3 is 0 Å². The molecule has 2 aromatic carbocycles. The molecule has 0 aliphatic carbocycles.